The second-order valence-corrected chi connectivity index (χ2v) is 5.56. The van der Waals surface area contributed by atoms with Crippen LogP contribution in [0.1, 0.15) is 60.8 Å². The van der Waals surface area contributed by atoms with E-state index in [0.29, 0.717) is 12.1 Å². The molecule has 0 N–H and O–H groups in total. The topological polar surface area (TPSA) is 6.48 Å². The number of hydrogen-bond acceptors (Lipinski definition) is 2. The average molecular weight is 336 g/mol. The molecule has 0 unspecified atom stereocenters. The van der Waals surface area contributed by atoms with Crippen LogP contribution in [0.4, 0.5) is 0 Å². The summed E-state index contributed by atoms with van der Waals surface area (Å²) >= 11 is 0. The van der Waals surface area contributed by atoms with Gasteiger partial charge >= 0.3 is 19.5 Å². The fourth-order valence-electron chi connectivity index (χ4n) is 2.10. The Morgan fingerprint density at radius 3 is 1.35 bits per heavy atom. The van der Waals surface area contributed by atoms with Crippen molar-refractivity contribution in [2.45, 2.75) is 72.9 Å². The molecule has 3 heteroatoms. The van der Waals surface area contributed by atoms with E-state index in [-0.39, 0.29) is 19.5 Å². The van der Waals surface area contributed by atoms with Gasteiger partial charge < -0.3 is 23.6 Å². The molecule has 0 heterocycles. The van der Waals surface area contributed by atoms with Crippen molar-refractivity contribution in [2.24, 2.45) is 0 Å². The van der Waals surface area contributed by atoms with E-state index in [2.05, 4.69) is 65.2 Å². The molecule has 118 valence electrons. The maximum absolute atomic E-state index is 3.85. The van der Waals surface area contributed by atoms with E-state index in [4.69, 9.17) is 0 Å². The summed E-state index contributed by atoms with van der Waals surface area (Å²) in [5, 5.41) is 0. The zero-order valence-corrected chi connectivity index (χ0v) is 18.1. The predicted molar refractivity (Wildman–Crippen MR) is 89.3 cm³/mol. The van der Waals surface area contributed by atoms with Gasteiger partial charge in [0.15, 0.2) is 0 Å². The molecule has 0 atom stereocenters. The molecule has 0 saturated heterocycles. The van der Waals surface area contributed by atoms with Crippen molar-refractivity contribution >= 4 is 0 Å². The fourth-order valence-corrected chi connectivity index (χ4v) is 2.10. The van der Waals surface area contributed by atoms with E-state index >= 15 is 0 Å². The van der Waals surface area contributed by atoms with Crippen LogP contribution in [0.15, 0.2) is 0 Å². The van der Waals surface area contributed by atoms with Gasteiger partial charge in [0.2, 0.25) is 0 Å². The van der Waals surface area contributed by atoms with Crippen LogP contribution >= 0.6 is 0 Å². The molecule has 0 amide bonds. The molecule has 20 heavy (non-hydrogen) atoms. The Morgan fingerprint density at radius 1 is 0.750 bits per heavy atom. The molecule has 0 spiro atoms. The molecule has 0 aromatic carbocycles. The number of rotatable bonds is 9. The van der Waals surface area contributed by atoms with Gasteiger partial charge in [-0.15, -0.1) is 0 Å². The van der Waals surface area contributed by atoms with E-state index in [0.717, 1.165) is 32.5 Å². The average Bonchev–Trinajstić information content (AvgIpc) is 2.36. The zero-order valence-electron chi connectivity index (χ0n) is 15.1. The van der Waals surface area contributed by atoms with Crippen molar-refractivity contribution in [2.75, 3.05) is 26.2 Å². The van der Waals surface area contributed by atoms with E-state index in [9.17, 15) is 0 Å². The largest absolute Gasteiger partial charge is 2.00 e. The van der Waals surface area contributed by atoms with Crippen molar-refractivity contribution in [1.29, 1.82) is 0 Å². The molecule has 0 aromatic rings. The summed E-state index contributed by atoms with van der Waals surface area (Å²) in [6, 6.07) is 1.36. The van der Waals surface area contributed by atoms with Gasteiger partial charge in [-0.25, -0.2) is 0 Å². The minimum atomic E-state index is 0. The SMILES string of the molecule is [CH2-]CCN(CC)C(C)C.[CH2-]CCN(CCC)C(C)C.[Zn+2]. The molecule has 0 rings (SSSR count). The Hall–Kier alpha value is 0.543. The second-order valence-electron chi connectivity index (χ2n) is 5.56. The van der Waals surface area contributed by atoms with E-state index in [1.54, 1.807) is 0 Å². The molecule has 0 aliphatic carbocycles. The molecule has 0 bridgehead atoms. The van der Waals surface area contributed by atoms with E-state index in [1.165, 1.54) is 13.0 Å². The minimum absolute atomic E-state index is 0. The first-order valence-electron chi connectivity index (χ1n) is 8.00. The Morgan fingerprint density at radius 2 is 1.15 bits per heavy atom. The maximum atomic E-state index is 3.85. The molecule has 0 fully saturated rings. The molecule has 0 aliphatic rings. The monoisotopic (exact) mass is 334 g/mol. The summed E-state index contributed by atoms with van der Waals surface area (Å²) in [5.41, 5.74) is 0. The Balaban J connectivity index is -0.000000277. The third kappa shape index (κ3) is 14.9. The molecular weight excluding hydrogens is 298 g/mol. The van der Waals surface area contributed by atoms with E-state index in [1.807, 2.05) is 0 Å². The van der Waals surface area contributed by atoms with Crippen LogP contribution in [0.3, 0.4) is 0 Å². The van der Waals surface area contributed by atoms with E-state index < -0.39 is 0 Å². The second kappa shape index (κ2) is 17.6. The first kappa shape index (κ1) is 25.5. The van der Waals surface area contributed by atoms with Gasteiger partial charge in [0.1, 0.15) is 0 Å². The molecule has 0 radical (unpaired) electrons. The van der Waals surface area contributed by atoms with Crippen LogP contribution in [-0.4, -0.2) is 48.1 Å². The van der Waals surface area contributed by atoms with Gasteiger partial charge in [0, 0.05) is 12.1 Å². The summed E-state index contributed by atoms with van der Waals surface area (Å²) in [4.78, 5) is 4.88. The van der Waals surface area contributed by atoms with Crippen molar-refractivity contribution in [3.05, 3.63) is 13.8 Å². The van der Waals surface area contributed by atoms with Gasteiger partial charge in [-0.2, -0.15) is 12.8 Å². The summed E-state index contributed by atoms with van der Waals surface area (Å²) < 4.78 is 0. The Kier molecular flexibility index (Phi) is 22.4. The smallest absolute Gasteiger partial charge is 0.342 e. The Bertz CT molecular complexity index is 166. The third-order valence-electron chi connectivity index (χ3n) is 3.27. The summed E-state index contributed by atoms with van der Waals surface area (Å²) in [6.07, 6.45) is 3.29. The molecule has 0 aliphatic heterocycles. The standard InChI is InChI=1S/C9H20N.C8H18N.Zn/c1-5-7-10(8-6-2)9(3)4;1-5-7-9(6-2)8(3)4;/h9H,1,5-8H2,2-4H3;8H,1,5-7H2,2-4H3;/q2*-1;+2. The van der Waals surface area contributed by atoms with Crippen LogP contribution in [0.25, 0.3) is 0 Å². The van der Waals surface area contributed by atoms with Gasteiger partial charge in [0.25, 0.3) is 0 Å². The minimum Gasteiger partial charge on any atom is -0.342 e. The molecule has 2 nitrogen and oxygen atoms in total. The van der Waals surface area contributed by atoms with Crippen molar-refractivity contribution in [3.63, 3.8) is 0 Å². The van der Waals surface area contributed by atoms with Crippen LogP contribution in [0, 0.1) is 13.8 Å². The molecule has 0 saturated carbocycles. The number of hydrogen-bond donors (Lipinski definition) is 0. The van der Waals surface area contributed by atoms with Crippen LogP contribution < -0.4 is 0 Å². The predicted octanol–water partition coefficient (Wildman–Crippen LogP) is 4.27. The maximum Gasteiger partial charge on any atom is 2.00 e. The first-order valence-corrected chi connectivity index (χ1v) is 8.00. The molecule has 0 aromatic heterocycles. The van der Waals surface area contributed by atoms with Crippen molar-refractivity contribution in [1.82, 2.24) is 9.80 Å². The van der Waals surface area contributed by atoms with Gasteiger partial charge in [-0.3, -0.25) is 0 Å². The summed E-state index contributed by atoms with van der Waals surface area (Å²) in [7, 11) is 0. The van der Waals surface area contributed by atoms with Crippen LogP contribution in [0.5, 0.6) is 0 Å². The van der Waals surface area contributed by atoms with Crippen molar-refractivity contribution < 1.29 is 19.5 Å². The van der Waals surface area contributed by atoms with Gasteiger partial charge in [-0.1, -0.05) is 13.8 Å². The zero-order chi connectivity index (χ0) is 15.3. The Labute approximate surface area is 142 Å². The fraction of sp³-hybridized carbons (Fsp3) is 0.882. The summed E-state index contributed by atoms with van der Waals surface area (Å²) in [6.45, 7) is 25.6. The summed E-state index contributed by atoms with van der Waals surface area (Å²) in [5.74, 6) is 0. The molecular formula is C17H38N2Zn. The quantitative estimate of drug-likeness (QED) is 0.458. The third-order valence-corrected chi connectivity index (χ3v) is 3.27. The van der Waals surface area contributed by atoms with Crippen molar-refractivity contribution in [3.8, 4) is 0 Å². The van der Waals surface area contributed by atoms with Gasteiger partial charge in [0.05, 0.1) is 0 Å². The first-order chi connectivity index (χ1) is 8.94. The van der Waals surface area contributed by atoms with Crippen LogP contribution in [0.2, 0.25) is 0 Å². The van der Waals surface area contributed by atoms with Gasteiger partial charge in [-0.05, 0) is 60.3 Å². The van der Waals surface area contributed by atoms with Crippen LogP contribution in [-0.2, 0) is 19.5 Å². The normalized spacial score (nSPS) is 10.8. The number of nitrogens with zero attached hydrogens (tertiary/aromatic N) is 2.